The SMILES string of the molecule is COCCOc1nc(OC[C@@]23CCCN2C[C@H](F)C3)nc2c(F)c(-c3ncc(F)c4sc(NC(=O)O)c(C#N)c34)c3c(c12)COC3. The van der Waals surface area contributed by atoms with Crippen LogP contribution in [0.1, 0.15) is 36.0 Å². The maximum absolute atomic E-state index is 17.0. The summed E-state index contributed by atoms with van der Waals surface area (Å²) in [6.45, 7) is 1.49. The first-order valence-electron chi connectivity index (χ1n) is 14.5. The molecule has 2 atom stereocenters. The fraction of sp³-hybridized carbons (Fsp3) is 0.433. The lowest BCUT2D eigenvalue weighted by Crippen LogP contribution is -2.43. The minimum absolute atomic E-state index is 0.0388. The lowest BCUT2D eigenvalue weighted by Gasteiger charge is -2.30. The number of aromatic nitrogens is 3. The summed E-state index contributed by atoms with van der Waals surface area (Å²) in [5, 5.41) is 21.5. The Morgan fingerprint density at radius 2 is 2.09 bits per heavy atom. The number of amides is 1. The van der Waals surface area contributed by atoms with Crippen LogP contribution in [0, 0.1) is 23.0 Å². The molecule has 16 heteroatoms. The normalized spacial score (nSPS) is 20.6. The van der Waals surface area contributed by atoms with E-state index in [1.165, 1.54) is 7.11 Å². The first kappa shape index (κ1) is 30.4. The number of halogens is 3. The van der Waals surface area contributed by atoms with Gasteiger partial charge in [0.25, 0.3) is 0 Å². The molecule has 3 aromatic heterocycles. The molecule has 2 fully saturated rings. The Bertz CT molecular complexity index is 1940. The molecule has 46 heavy (non-hydrogen) atoms. The minimum Gasteiger partial charge on any atom is -0.475 e. The Morgan fingerprint density at radius 3 is 2.87 bits per heavy atom. The number of anilines is 1. The number of nitrogens with one attached hydrogen (secondary N) is 1. The standard InChI is InChI=1S/C30H27F3N6O6S/c1-42-5-6-44-26-21-17-12-43-11-16(17)19(23-20-15(8-34)27(38-29(40)41)46-25(20)18(32)9-35-23)22(33)24(21)36-28(37-26)45-13-30-3-2-4-39(30)10-14(31)7-30/h9,14,38H,2-7,10-13H2,1H3,(H,40,41)/t14-,30+/m1/s1. The number of thiophene rings is 1. The molecule has 2 saturated heterocycles. The number of hydrogen-bond acceptors (Lipinski definition) is 11. The van der Waals surface area contributed by atoms with E-state index in [9.17, 15) is 19.6 Å². The maximum atomic E-state index is 17.0. The molecule has 0 saturated carbocycles. The van der Waals surface area contributed by atoms with Crippen LogP contribution in [0.15, 0.2) is 6.20 Å². The molecule has 3 aliphatic heterocycles. The zero-order valence-electron chi connectivity index (χ0n) is 24.5. The summed E-state index contributed by atoms with van der Waals surface area (Å²) in [5.41, 5.74) is -0.152. The van der Waals surface area contributed by atoms with Gasteiger partial charge in [-0.3, -0.25) is 15.2 Å². The van der Waals surface area contributed by atoms with Gasteiger partial charge in [-0.25, -0.2) is 18.0 Å². The van der Waals surface area contributed by atoms with E-state index in [2.05, 4.69) is 25.2 Å². The zero-order chi connectivity index (χ0) is 32.2. The van der Waals surface area contributed by atoms with E-state index in [4.69, 9.17) is 18.9 Å². The average Bonchev–Trinajstić information content (AvgIpc) is 3.79. The Morgan fingerprint density at radius 1 is 1.26 bits per heavy atom. The number of hydrogen-bond donors (Lipinski definition) is 2. The monoisotopic (exact) mass is 656 g/mol. The molecule has 4 aromatic rings. The van der Waals surface area contributed by atoms with Crippen LogP contribution in [0.5, 0.6) is 11.9 Å². The van der Waals surface area contributed by atoms with Gasteiger partial charge in [-0.05, 0) is 30.5 Å². The molecule has 0 spiro atoms. The number of alkyl halides is 1. The highest BCUT2D eigenvalue weighted by Gasteiger charge is 2.49. The second-order valence-electron chi connectivity index (χ2n) is 11.4. The van der Waals surface area contributed by atoms with Crippen molar-refractivity contribution in [2.24, 2.45) is 0 Å². The van der Waals surface area contributed by atoms with Crippen LogP contribution in [-0.2, 0) is 22.7 Å². The number of carboxylic acid groups (broad SMARTS) is 1. The van der Waals surface area contributed by atoms with Gasteiger partial charge in [-0.2, -0.15) is 15.2 Å². The number of rotatable bonds is 9. The number of benzene rings is 1. The Labute approximate surface area is 263 Å². The fourth-order valence-electron chi connectivity index (χ4n) is 6.81. The van der Waals surface area contributed by atoms with Gasteiger partial charge in [-0.15, -0.1) is 11.3 Å². The van der Waals surface area contributed by atoms with Gasteiger partial charge in [0.1, 0.15) is 36.0 Å². The van der Waals surface area contributed by atoms with Crippen LogP contribution in [0.3, 0.4) is 0 Å². The quantitative estimate of drug-likeness (QED) is 0.230. The third-order valence-electron chi connectivity index (χ3n) is 8.74. The van der Waals surface area contributed by atoms with Gasteiger partial charge >= 0.3 is 12.1 Å². The predicted molar refractivity (Wildman–Crippen MR) is 159 cm³/mol. The molecule has 0 bridgehead atoms. The van der Waals surface area contributed by atoms with Crippen molar-refractivity contribution >= 4 is 43.4 Å². The Balaban J connectivity index is 1.42. The molecule has 1 amide bonds. The summed E-state index contributed by atoms with van der Waals surface area (Å²) in [6.07, 6.45) is 0.432. The Hall–Kier alpha value is -4.30. The molecule has 2 N–H and O–H groups in total. The zero-order valence-corrected chi connectivity index (χ0v) is 25.3. The highest BCUT2D eigenvalue weighted by molar-refractivity contribution is 7.23. The molecule has 12 nitrogen and oxygen atoms in total. The lowest BCUT2D eigenvalue weighted by atomic mass is 9.93. The number of ether oxygens (including phenoxy) is 4. The van der Waals surface area contributed by atoms with Crippen LogP contribution in [0.2, 0.25) is 0 Å². The van der Waals surface area contributed by atoms with Crippen LogP contribution >= 0.6 is 11.3 Å². The summed E-state index contributed by atoms with van der Waals surface area (Å²) < 4.78 is 69.2. The van der Waals surface area contributed by atoms with Gasteiger partial charge in [0.2, 0.25) is 5.88 Å². The average molecular weight is 657 g/mol. The van der Waals surface area contributed by atoms with Crippen molar-refractivity contribution in [1.82, 2.24) is 19.9 Å². The minimum atomic E-state index is -1.45. The topological polar surface area (TPSA) is 152 Å². The van der Waals surface area contributed by atoms with Crippen LogP contribution in [-0.4, -0.2) is 82.8 Å². The van der Waals surface area contributed by atoms with E-state index in [1.54, 1.807) is 0 Å². The van der Waals surface area contributed by atoms with E-state index < -0.39 is 29.4 Å². The molecule has 0 aliphatic carbocycles. The molecular weight excluding hydrogens is 629 g/mol. The van der Waals surface area contributed by atoms with Gasteiger partial charge in [0.05, 0.1) is 52.9 Å². The molecule has 0 unspecified atom stereocenters. The van der Waals surface area contributed by atoms with Crippen molar-refractivity contribution in [2.45, 2.75) is 44.2 Å². The van der Waals surface area contributed by atoms with Crippen molar-refractivity contribution < 1.29 is 42.0 Å². The van der Waals surface area contributed by atoms with E-state index in [-0.39, 0.29) is 87.7 Å². The van der Waals surface area contributed by atoms with Gasteiger partial charge in [0.15, 0.2) is 11.6 Å². The smallest absolute Gasteiger partial charge is 0.409 e. The van der Waals surface area contributed by atoms with Gasteiger partial charge in [-0.1, -0.05) is 0 Å². The summed E-state index contributed by atoms with van der Waals surface area (Å²) in [5.74, 6) is -1.63. The first-order chi connectivity index (χ1) is 22.2. The lowest BCUT2D eigenvalue weighted by molar-refractivity contribution is 0.106. The second kappa shape index (κ2) is 11.8. The number of carbonyl (C=O) groups is 1. The van der Waals surface area contributed by atoms with Crippen LogP contribution < -0.4 is 14.8 Å². The van der Waals surface area contributed by atoms with Gasteiger partial charge < -0.3 is 24.1 Å². The third kappa shape index (κ3) is 4.94. The first-order valence-corrected chi connectivity index (χ1v) is 15.3. The number of nitrogens with zero attached hydrogens (tertiary/aromatic N) is 5. The summed E-state index contributed by atoms with van der Waals surface area (Å²) in [6, 6.07) is 1.74. The second-order valence-corrected chi connectivity index (χ2v) is 12.4. The third-order valence-corrected chi connectivity index (χ3v) is 9.85. The van der Waals surface area contributed by atoms with Crippen molar-refractivity contribution in [2.75, 3.05) is 45.3 Å². The maximum Gasteiger partial charge on any atom is 0.409 e. The largest absolute Gasteiger partial charge is 0.475 e. The Kier molecular flexibility index (Phi) is 7.79. The molecule has 7 rings (SSSR count). The highest BCUT2D eigenvalue weighted by Crippen LogP contribution is 2.47. The van der Waals surface area contributed by atoms with E-state index >= 15 is 8.78 Å². The van der Waals surface area contributed by atoms with E-state index in [1.807, 2.05) is 6.07 Å². The molecule has 3 aliphatic rings. The summed E-state index contributed by atoms with van der Waals surface area (Å²) >= 11 is 0.706. The molecule has 1 aromatic carbocycles. The molecule has 0 radical (unpaired) electrons. The number of methoxy groups -OCH3 is 1. The van der Waals surface area contributed by atoms with Crippen molar-refractivity contribution in [3.05, 3.63) is 34.5 Å². The fourth-order valence-corrected chi connectivity index (χ4v) is 7.86. The van der Waals surface area contributed by atoms with Gasteiger partial charge in [0, 0.05) is 31.0 Å². The van der Waals surface area contributed by atoms with Crippen molar-refractivity contribution in [3.8, 4) is 29.2 Å². The van der Waals surface area contributed by atoms with E-state index in [0.717, 1.165) is 25.6 Å². The molecular formula is C30H27F3N6O6S. The van der Waals surface area contributed by atoms with Crippen molar-refractivity contribution in [3.63, 3.8) is 0 Å². The summed E-state index contributed by atoms with van der Waals surface area (Å²) in [7, 11) is 1.51. The van der Waals surface area contributed by atoms with Crippen LogP contribution in [0.4, 0.5) is 23.0 Å². The molecule has 6 heterocycles. The number of fused-ring (bicyclic) bond motifs is 5. The highest BCUT2D eigenvalue weighted by atomic mass is 32.1. The van der Waals surface area contributed by atoms with Crippen molar-refractivity contribution in [1.29, 1.82) is 5.26 Å². The van der Waals surface area contributed by atoms with Crippen LogP contribution in [0.25, 0.3) is 32.2 Å². The predicted octanol–water partition coefficient (Wildman–Crippen LogP) is 5.16. The molecule has 240 valence electrons. The summed E-state index contributed by atoms with van der Waals surface area (Å²) in [4.78, 5) is 26.6. The van der Waals surface area contributed by atoms with E-state index in [0.29, 0.717) is 35.4 Å². The number of pyridine rings is 1. The number of nitriles is 1.